The van der Waals surface area contributed by atoms with Crippen LogP contribution in [0, 0.1) is 17.3 Å². The predicted octanol–water partition coefficient (Wildman–Crippen LogP) is 2.51. The van der Waals surface area contributed by atoms with Gasteiger partial charge in [0, 0.05) is 6.54 Å². The van der Waals surface area contributed by atoms with Crippen LogP contribution in [0.5, 0.6) is 0 Å². The molecule has 94 valence electrons. The quantitative estimate of drug-likeness (QED) is 0.758. The van der Waals surface area contributed by atoms with E-state index in [2.05, 4.69) is 26.1 Å². The Labute approximate surface area is 98.6 Å². The van der Waals surface area contributed by atoms with Crippen LogP contribution in [0.3, 0.4) is 0 Å². The molecule has 0 aromatic carbocycles. The van der Waals surface area contributed by atoms with Crippen LogP contribution in [0.2, 0.25) is 0 Å². The Morgan fingerprint density at radius 2 is 1.94 bits per heavy atom. The summed E-state index contributed by atoms with van der Waals surface area (Å²) >= 11 is 0. The maximum atomic E-state index is 11.0. The second-order valence-corrected chi connectivity index (χ2v) is 5.71. The van der Waals surface area contributed by atoms with E-state index < -0.39 is 5.97 Å². The van der Waals surface area contributed by atoms with Crippen molar-refractivity contribution in [3.05, 3.63) is 0 Å². The standard InChI is InChI=1S/C13H25NO2/c1-4-14-9-13(8-12(15)16)6-10(2)5-11(3)7-13/h10-11,14H,4-9H2,1-3H3,(H,15,16)/t10-,11+,13-. The van der Waals surface area contributed by atoms with Gasteiger partial charge in [-0.2, -0.15) is 0 Å². The average Bonchev–Trinajstić information content (AvgIpc) is 2.11. The summed E-state index contributed by atoms with van der Waals surface area (Å²) in [5.41, 5.74) is -0.0150. The molecule has 1 fully saturated rings. The van der Waals surface area contributed by atoms with Gasteiger partial charge in [-0.3, -0.25) is 4.79 Å². The minimum absolute atomic E-state index is 0.0150. The molecule has 1 rings (SSSR count). The number of hydrogen-bond acceptors (Lipinski definition) is 2. The average molecular weight is 227 g/mol. The number of carbonyl (C=O) groups is 1. The summed E-state index contributed by atoms with van der Waals surface area (Å²) in [6.07, 6.45) is 3.66. The van der Waals surface area contributed by atoms with Gasteiger partial charge in [-0.1, -0.05) is 20.8 Å². The molecule has 1 aliphatic carbocycles. The van der Waals surface area contributed by atoms with Gasteiger partial charge in [0.15, 0.2) is 0 Å². The maximum Gasteiger partial charge on any atom is 0.303 e. The zero-order chi connectivity index (χ0) is 12.2. The summed E-state index contributed by atoms with van der Waals surface area (Å²) in [6, 6.07) is 0. The van der Waals surface area contributed by atoms with Crippen LogP contribution >= 0.6 is 0 Å². The van der Waals surface area contributed by atoms with Crippen LogP contribution in [0.15, 0.2) is 0 Å². The van der Waals surface area contributed by atoms with Crippen molar-refractivity contribution in [2.75, 3.05) is 13.1 Å². The number of carboxylic acids is 1. The van der Waals surface area contributed by atoms with Crippen LogP contribution in [0.1, 0.15) is 46.5 Å². The summed E-state index contributed by atoms with van der Waals surface area (Å²) < 4.78 is 0. The molecule has 0 saturated heterocycles. The highest BCUT2D eigenvalue weighted by Crippen LogP contribution is 2.44. The van der Waals surface area contributed by atoms with Gasteiger partial charge in [-0.25, -0.2) is 0 Å². The van der Waals surface area contributed by atoms with Crippen molar-refractivity contribution >= 4 is 5.97 Å². The summed E-state index contributed by atoms with van der Waals surface area (Å²) in [4.78, 5) is 11.0. The fraction of sp³-hybridized carbons (Fsp3) is 0.923. The van der Waals surface area contributed by atoms with E-state index in [1.165, 1.54) is 6.42 Å². The van der Waals surface area contributed by atoms with E-state index in [4.69, 9.17) is 5.11 Å². The van der Waals surface area contributed by atoms with Gasteiger partial charge in [0.1, 0.15) is 0 Å². The van der Waals surface area contributed by atoms with Crippen molar-refractivity contribution in [1.29, 1.82) is 0 Å². The molecule has 0 amide bonds. The van der Waals surface area contributed by atoms with E-state index in [1.54, 1.807) is 0 Å². The topological polar surface area (TPSA) is 49.3 Å². The van der Waals surface area contributed by atoms with Crippen LogP contribution in [0.4, 0.5) is 0 Å². The van der Waals surface area contributed by atoms with Gasteiger partial charge in [-0.05, 0) is 43.1 Å². The first-order valence-corrected chi connectivity index (χ1v) is 6.40. The third-order valence-electron chi connectivity index (χ3n) is 3.64. The molecule has 0 bridgehead atoms. The number of hydrogen-bond donors (Lipinski definition) is 2. The molecule has 3 nitrogen and oxygen atoms in total. The lowest BCUT2D eigenvalue weighted by Gasteiger charge is -2.42. The third kappa shape index (κ3) is 3.78. The van der Waals surface area contributed by atoms with Gasteiger partial charge in [0.05, 0.1) is 6.42 Å². The lowest BCUT2D eigenvalue weighted by molar-refractivity contribution is -0.140. The molecular weight excluding hydrogens is 202 g/mol. The summed E-state index contributed by atoms with van der Waals surface area (Å²) in [5.74, 6) is 0.655. The smallest absolute Gasteiger partial charge is 0.303 e. The van der Waals surface area contributed by atoms with E-state index in [1.807, 2.05) is 0 Å². The molecule has 0 aromatic rings. The first kappa shape index (κ1) is 13.5. The fourth-order valence-corrected chi connectivity index (χ4v) is 3.48. The van der Waals surface area contributed by atoms with Crippen molar-refractivity contribution < 1.29 is 9.90 Å². The van der Waals surface area contributed by atoms with E-state index in [0.29, 0.717) is 18.3 Å². The highest BCUT2D eigenvalue weighted by Gasteiger charge is 2.39. The minimum Gasteiger partial charge on any atom is -0.481 e. The zero-order valence-corrected chi connectivity index (χ0v) is 10.8. The van der Waals surface area contributed by atoms with Crippen molar-refractivity contribution in [3.63, 3.8) is 0 Å². The Bertz CT molecular complexity index is 230. The Hall–Kier alpha value is -0.570. The van der Waals surface area contributed by atoms with Crippen LogP contribution < -0.4 is 5.32 Å². The molecule has 0 radical (unpaired) electrons. The Balaban J connectivity index is 2.71. The molecule has 0 aliphatic heterocycles. The van der Waals surface area contributed by atoms with Crippen LogP contribution in [0.25, 0.3) is 0 Å². The number of carboxylic acid groups (broad SMARTS) is 1. The van der Waals surface area contributed by atoms with E-state index in [0.717, 1.165) is 25.9 Å². The van der Waals surface area contributed by atoms with Crippen LogP contribution in [-0.4, -0.2) is 24.2 Å². The first-order chi connectivity index (χ1) is 7.47. The number of nitrogens with one attached hydrogen (secondary N) is 1. The maximum absolute atomic E-state index is 11.0. The second-order valence-electron chi connectivity index (χ2n) is 5.71. The highest BCUT2D eigenvalue weighted by molar-refractivity contribution is 5.67. The molecule has 3 heteroatoms. The van der Waals surface area contributed by atoms with Gasteiger partial charge in [0.2, 0.25) is 0 Å². The molecule has 0 spiro atoms. The van der Waals surface area contributed by atoms with E-state index in [-0.39, 0.29) is 5.41 Å². The lowest BCUT2D eigenvalue weighted by Crippen LogP contribution is -2.41. The first-order valence-electron chi connectivity index (χ1n) is 6.40. The monoisotopic (exact) mass is 227 g/mol. The van der Waals surface area contributed by atoms with E-state index in [9.17, 15) is 4.79 Å². The molecule has 16 heavy (non-hydrogen) atoms. The lowest BCUT2D eigenvalue weighted by atomic mass is 9.64. The molecule has 0 aromatic heterocycles. The number of rotatable bonds is 5. The fourth-order valence-electron chi connectivity index (χ4n) is 3.48. The normalized spacial score (nSPS) is 34.9. The van der Waals surface area contributed by atoms with Gasteiger partial charge in [-0.15, -0.1) is 0 Å². The molecule has 3 atom stereocenters. The Morgan fingerprint density at radius 1 is 1.38 bits per heavy atom. The van der Waals surface area contributed by atoms with Crippen LogP contribution in [-0.2, 0) is 4.79 Å². The summed E-state index contributed by atoms with van der Waals surface area (Å²) in [5, 5.41) is 12.4. The SMILES string of the molecule is CCNC[C@]1(CC(=O)O)C[C@H](C)C[C@H](C)C1. The molecule has 0 unspecified atom stereocenters. The van der Waals surface area contributed by atoms with E-state index >= 15 is 0 Å². The highest BCUT2D eigenvalue weighted by atomic mass is 16.4. The second kappa shape index (κ2) is 5.67. The summed E-state index contributed by atoms with van der Waals surface area (Å²) in [6.45, 7) is 8.34. The minimum atomic E-state index is -0.654. The largest absolute Gasteiger partial charge is 0.481 e. The number of aliphatic carboxylic acids is 1. The molecular formula is C13H25NO2. The molecule has 2 N–H and O–H groups in total. The van der Waals surface area contributed by atoms with Gasteiger partial charge in [0.25, 0.3) is 0 Å². The van der Waals surface area contributed by atoms with Crippen molar-refractivity contribution in [2.24, 2.45) is 17.3 Å². The zero-order valence-electron chi connectivity index (χ0n) is 10.8. The molecule has 0 heterocycles. The molecule has 1 aliphatic rings. The Morgan fingerprint density at radius 3 is 2.38 bits per heavy atom. The van der Waals surface area contributed by atoms with Crippen molar-refractivity contribution in [1.82, 2.24) is 5.32 Å². The van der Waals surface area contributed by atoms with Gasteiger partial charge < -0.3 is 10.4 Å². The molecule has 1 saturated carbocycles. The third-order valence-corrected chi connectivity index (χ3v) is 3.64. The Kier molecular flexibility index (Phi) is 4.78. The van der Waals surface area contributed by atoms with Crippen molar-refractivity contribution in [3.8, 4) is 0 Å². The summed E-state index contributed by atoms with van der Waals surface area (Å²) in [7, 11) is 0. The van der Waals surface area contributed by atoms with Crippen molar-refractivity contribution in [2.45, 2.75) is 46.5 Å². The van der Waals surface area contributed by atoms with Gasteiger partial charge >= 0.3 is 5.97 Å². The predicted molar refractivity (Wildman–Crippen MR) is 65.4 cm³/mol.